The first kappa shape index (κ1) is 27.4. The first-order chi connectivity index (χ1) is 17.5. The fourth-order valence-electron chi connectivity index (χ4n) is 4.47. The quantitative estimate of drug-likeness (QED) is 0.270. The molecular weight excluding hydrogens is 454 g/mol. The second kappa shape index (κ2) is 13.8. The van der Waals surface area contributed by atoms with Gasteiger partial charge in [0.15, 0.2) is 0 Å². The Balaban J connectivity index is 2.08. The van der Waals surface area contributed by atoms with Gasteiger partial charge in [-0.1, -0.05) is 56.9 Å². The fraction of sp³-hybridized carbons (Fsp3) is 0.483. The van der Waals surface area contributed by atoms with Gasteiger partial charge in [0.05, 0.1) is 35.8 Å². The molecule has 0 aliphatic rings. The predicted molar refractivity (Wildman–Crippen MR) is 144 cm³/mol. The van der Waals surface area contributed by atoms with Gasteiger partial charge < -0.3 is 14.4 Å². The average Bonchev–Trinajstić information content (AvgIpc) is 2.89. The van der Waals surface area contributed by atoms with E-state index >= 15 is 0 Å². The maximum absolute atomic E-state index is 13.8. The van der Waals surface area contributed by atoms with Gasteiger partial charge >= 0.3 is 0 Å². The number of aromatic nitrogens is 2. The van der Waals surface area contributed by atoms with Gasteiger partial charge in [0.2, 0.25) is 5.91 Å². The van der Waals surface area contributed by atoms with Crippen LogP contribution in [0.25, 0.3) is 16.6 Å². The van der Waals surface area contributed by atoms with E-state index in [9.17, 15) is 9.59 Å². The number of ether oxygens (including phenoxy) is 2. The number of benzene rings is 2. The topological polar surface area (TPSA) is 73.7 Å². The third-order valence-electron chi connectivity index (χ3n) is 6.40. The first-order valence-electron chi connectivity index (χ1n) is 13.1. The molecule has 0 radical (unpaired) electrons. The van der Waals surface area contributed by atoms with Crippen LogP contribution < -0.4 is 10.3 Å². The summed E-state index contributed by atoms with van der Waals surface area (Å²) in [5, 5.41) is 0.519. The van der Waals surface area contributed by atoms with E-state index in [0.29, 0.717) is 54.3 Å². The van der Waals surface area contributed by atoms with Gasteiger partial charge in [-0.05, 0) is 44.5 Å². The summed E-state index contributed by atoms with van der Waals surface area (Å²) in [6.45, 7) is 7.31. The molecule has 1 atom stereocenters. The Hall–Kier alpha value is -3.19. The van der Waals surface area contributed by atoms with Crippen LogP contribution in [-0.4, -0.2) is 47.2 Å². The van der Waals surface area contributed by atoms with Crippen LogP contribution in [0.1, 0.15) is 71.2 Å². The van der Waals surface area contributed by atoms with Crippen molar-refractivity contribution in [2.45, 2.75) is 65.3 Å². The highest BCUT2D eigenvalue weighted by atomic mass is 16.5. The van der Waals surface area contributed by atoms with Gasteiger partial charge in [-0.15, -0.1) is 0 Å². The molecule has 7 nitrogen and oxygen atoms in total. The summed E-state index contributed by atoms with van der Waals surface area (Å²) in [6.07, 6.45) is 5.83. The van der Waals surface area contributed by atoms with Crippen molar-refractivity contribution < 1.29 is 14.3 Å². The number of fused-ring (bicyclic) bond motifs is 1. The van der Waals surface area contributed by atoms with Crippen molar-refractivity contribution in [2.75, 3.05) is 26.9 Å². The Morgan fingerprint density at radius 2 is 1.75 bits per heavy atom. The molecule has 2 aromatic carbocycles. The van der Waals surface area contributed by atoms with Crippen molar-refractivity contribution >= 4 is 16.8 Å². The molecule has 0 aliphatic heterocycles. The third-order valence-corrected chi connectivity index (χ3v) is 6.40. The maximum atomic E-state index is 13.8. The summed E-state index contributed by atoms with van der Waals surface area (Å²) < 4.78 is 12.8. The van der Waals surface area contributed by atoms with E-state index in [4.69, 9.17) is 14.5 Å². The Kier molecular flexibility index (Phi) is 10.5. The van der Waals surface area contributed by atoms with E-state index in [1.165, 1.54) is 12.8 Å². The molecule has 3 aromatic rings. The minimum absolute atomic E-state index is 0.0445. The molecule has 0 saturated heterocycles. The van der Waals surface area contributed by atoms with Gasteiger partial charge in [0.25, 0.3) is 5.56 Å². The zero-order valence-electron chi connectivity index (χ0n) is 22.0. The summed E-state index contributed by atoms with van der Waals surface area (Å²) in [5.74, 6) is 1.14. The number of unbranched alkanes of at least 4 members (excludes halogenated alkanes) is 4. The Morgan fingerprint density at radius 3 is 2.50 bits per heavy atom. The predicted octanol–water partition coefficient (Wildman–Crippen LogP) is 5.68. The molecule has 0 bridgehead atoms. The molecule has 1 amide bonds. The first-order valence-corrected chi connectivity index (χ1v) is 13.1. The molecule has 194 valence electrons. The van der Waals surface area contributed by atoms with Crippen molar-refractivity contribution in [3.05, 3.63) is 64.7 Å². The second-order valence-electron chi connectivity index (χ2n) is 8.95. The van der Waals surface area contributed by atoms with E-state index in [2.05, 4.69) is 6.92 Å². The summed E-state index contributed by atoms with van der Waals surface area (Å²) in [7, 11) is 1.63. The smallest absolute Gasteiger partial charge is 0.266 e. The standard InChI is InChI=1S/C29H39N3O4/c1-5-7-8-9-10-19-27(33)31(20-21-35-4)22(3)28-30-24-16-12-11-15-23(24)29(34)32(28)25-17-13-14-18-26(25)36-6-2/h11-18,22H,5-10,19-21H2,1-4H3. The lowest BCUT2D eigenvalue weighted by atomic mass is 10.1. The van der Waals surface area contributed by atoms with E-state index in [-0.39, 0.29) is 11.5 Å². The largest absolute Gasteiger partial charge is 0.492 e. The fourth-order valence-corrected chi connectivity index (χ4v) is 4.47. The van der Waals surface area contributed by atoms with E-state index in [1.807, 2.05) is 56.3 Å². The van der Waals surface area contributed by atoms with Crippen LogP contribution in [0.5, 0.6) is 5.75 Å². The number of carbonyl (C=O) groups is 1. The van der Waals surface area contributed by atoms with Crippen molar-refractivity contribution in [2.24, 2.45) is 0 Å². The number of amides is 1. The Bertz CT molecular complexity index is 1190. The van der Waals surface area contributed by atoms with Crippen molar-refractivity contribution in [1.29, 1.82) is 0 Å². The maximum Gasteiger partial charge on any atom is 0.266 e. The van der Waals surface area contributed by atoms with Crippen molar-refractivity contribution in [3.8, 4) is 11.4 Å². The summed E-state index contributed by atoms with van der Waals surface area (Å²) in [6, 6.07) is 14.3. The minimum Gasteiger partial charge on any atom is -0.492 e. The summed E-state index contributed by atoms with van der Waals surface area (Å²) in [4.78, 5) is 33.9. The lowest BCUT2D eigenvalue weighted by Crippen LogP contribution is -2.39. The molecule has 1 heterocycles. The highest BCUT2D eigenvalue weighted by molar-refractivity contribution is 5.79. The Morgan fingerprint density at radius 1 is 1.03 bits per heavy atom. The molecule has 3 rings (SSSR count). The van der Waals surface area contributed by atoms with Crippen LogP contribution in [0.15, 0.2) is 53.3 Å². The molecule has 36 heavy (non-hydrogen) atoms. The summed E-state index contributed by atoms with van der Waals surface area (Å²) >= 11 is 0. The summed E-state index contributed by atoms with van der Waals surface area (Å²) in [5.41, 5.74) is 1.03. The SMILES string of the molecule is CCCCCCCC(=O)N(CCOC)C(C)c1nc2ccccc2c(=O)n1-c1ccccc1OCC. The van der Waals surface area contributed by atoms with Crippen LogP contribution in [0.3, 0.4) is 0 Å². The van der Waals surface area contributed by atoms with Gasteiger partial charge in [-0.3, -0.25) is 14.2 Å². The number of hydrogen-bond acceptors (Lipinski definition) is 5. The number of hydrogen-bond donors (Lipinski definition) is 0. The zero-order chi connectivity index (χ0) is 25.9. The molecule has 0 spiro atoms. The lowest BCUT2D eigenvalue weighted by molar-refractivity contribution is -0.134. The molecule has 0 saturated carbocycles. The minimum atomic E-state index is -0.449. The average molecular weight is 494 g/mol. The molecular formula is C29H39N3O4. The second-order valence-corrected chi connectivity index (χ2v) is 8.95. The normalized spacial score (nSPS) is 12.0. The molecule has 0 aliphatic carbocycles. The van der Waals surface area contributed by atoms with Crippen molar-refractivity contribution in [3.63, 3.8) is 0 Å². The molecule has 1 aromatic heterocycles. The van der Waals surface area contributed by atoms with E-state index in [0.717, 1.165) is 19.3 Å². The highest BCUT2D eigenvalue weighted by Crippen LogP contribution is 2.28. The van der Waals surface area contributed by atoms with E-state index < -0.39 is 6.04 Å². The van der Waals surface area contributed by atoms with Crippen molar-refractivity contribution in [1.82, 2.24) is 14.5 Å². The monoisotopic (exact) mass is 493 g/mol. The van der Waals surface area contributed by atoms with Gasteiger partial charge in [0, 0.05) is 20.1 Å². The number of methoxy groups -OCH3 is 1. The van der Waals surface area contributed by atoms with Crippen LogP contribution in [0.2, 0.25) is 0 Å². The highest BCUT2D eigenvalue weighted by Gasteiger charge is 2.27. The van der Waals surface area contributed by atoms with Gasteiger partial charge in [0.1, 0.15) is 11.6 Å². The molecule has 0 N–H and O–H groups in total. The Labute approximate surface area is 214 Å². The molecule has 7 heteroatoms. The number of carbonyl (C=O) groups excluding carboxylic acids is 1. The van der Waals surface area contributed by atoms with Crippen LogP contribution in [0, 0.1) is 0 Å². The van der Waals surface area contributed by atoms with Gasteiger partial charge in [-0.2, -0.15) is 0 Å². The molecule has 0 fully saturated rings. The lowest BCUT2D eigenvalue weighted by Gasteiger charge is -2.31. The third kappa shape index (κ3) is 6.52. The van der Waals surface area contributed by atoms with Gasteiger partial charge in [-0.25, -0.2) is 4.98 Å². The van der Waals surface area contributed by atoms with Crippen LogP contribution >= 0.6 is 0 Å². The van der Waals surface area contributed by atoms with Crippen LogP contribution in [0.4, 0.5) is 0 Å². The zero-order valence-corrected chi connectivity index (χ0v) is 22.0. The van der Waals surface area contributed by atoms with Crippen LogP contribution in [-0.2, 0) is 9.53 Å². The number of rotatable bonds is 14. The van der Waals surface area contributed by atoms with E-state index in [1.54, 1.807) is 22.6 Å². The number of para-hydroxylation sites is 3. The molecule has 1 unspecified atom stereocenters. The number of nitrogens with zero attached hydrogens (tertiary/aromatic N) is 3.